The first-order chi connectivity index (χ1) is 11.6. The SMILES string of the molecule is CCCc1nc2ccccc2c(=O)n1NC(=O)c1ccccc1N. The van der Waals surface area contributed by atoms with Gasteiger partial charge in [0, 0.05) is 12.1 Å². The number of benzene rings is 2. The molecule has 0 aliphatic heterocycles. The van der Waals surface area contributed by atoms with Crippen molar-refractivity contribution in [2.24, 2.45) is 0 Å². The highest BCUT2D eigenvalue weighted by atomic mass is 16.2. The van der Waals surface area contributed by atoms with Crippen LogP contribution in [0.15, 0.2) is 53.3 Å². The highest BCUT2D eigenvalue weighted by Gasteiger charge is 2.15. The van der Waals surface area contributed by atoms with Crippen molar-refractivity contribution in [1.29, 1.82) is 0 Å². The molecule has 2 aromatic carbocycles. The van der Waals surface area contributed by atoms with Crippen LogP contribution in [0.4, 0.5) is 5.69 Å². The Labute approximate surface area is 138 Å². The van der Waals surface area contributed by atoms with Crippen molar-refractivity contribution < 1.29 is 4.79 Å². The zero-order valence-corrected chi connectivity index (χ0v) is 13.3. The first kappa shape index (κ1) is 15.7. The van der Waals surface area contributed by atoms with E-state index in [2.05, 4.69) is 10.4 Å². The number of nitrogens with one attached hydrogen (secondary N) is 1. The van der Waals surface area contributed by atoms with Crippen LogP contribution < -0.4 is 16.7 Å². The van der Waals surface area contributed by atoms with Gasteiger partial charge in [-0.05, 0) is 30.7 Å². The number of nitrogens with zero attached hydrogens (tertiary/aromatic N) is 2. The predicted octanol–water partition coefficient (Wildman–Crippen LogP) is 2.32. The molecule has 3 N–H and O–H groups in total. The Morgan fingerprint density at radius 2 is 1.88 bits per heavy atom. The van der Waals surface area contributed by atoms with Crippen molar-refractivity contribution in [3.63, 3.8) is 0 Å². The van der Waals surface area contributed by atoms with E-state index in [1.54, 1.807) is 42.5 Å². The molecule has 0 saturated heterocycles. The van der Waals surface area contributed by atoms with Crippen LogP contribution in [-0.2, 0) is 6.42 Å². The fourth-order valence-corrected chi connectivity index (χ4v) is 2.55. The summed E-state index contributed by atoms with van der Waals surface area (Å²) in [5.74, 6) is 0.0775. The molecule has 1 amide bonds. The summed E-state index contributed by atoms with van der Waals surface area (Å²) < 4.78 is 1.22. The van der Waals surface area contributed by atoms with E-state index in [9.17, 15) is 9.59 Å². The third-order valence-corrected chi connectivity index (χ3v) is 3.74. The molecule has 3 rings (SSSR count). The number of nitrogen functional groups attached to an aromatic ring is 1. The number of aromatic nitrogens is 2. The zero-order valence-electron chi connectivity index (χ0n) is 13.3. The summed E-state index contributed by atoms with van der Waals surface area (Å²) >= 11 is 0. The van der Waals surface area contributed by atoms with Crippen molar-refractivity contribution >= 4 is 22.5 Å². The summed E-state index contributed by atoms with van der Waals surface area (Å²) in [5.41, 5.74) is 9.47. The smallest absolute Gasteiger partial charge is 0.280 e. The third kappa shape index (κ3) is 2.86. The Kier molecular flexibility index (Phi) is 4.29. The van der Waals surface area contributed by atoms with Gasteiger partial charge in [0.2, 0.25) is 0 Å². The molecular formula is C18H18N4O2. The minimum atomic E-state index is -0.440. The summed E-state index contributed by atoms with van der Waals surface area (Å²) in [5, 5.41) is 0.457. The summed E-state index contributed by atoms with van der Waals surface area (Å²) in [4.78, 5) is 29.8. The average Bonchev–Trinajstić information content (AvgIpc) is 2.59. The first-order valence-electron chi connectivity index (χ1n) is 7.78. The lowest BCUT2D eigenvalue weighted by Crippen LogP contribution is -2.36. The van der Waals surface area contributed by atoms with Gasteiger partial charge in [0.15, 0.2) is 0 Å². The summed E-state index contributed by atoms with van der Waals surface area (Å²) in [7, 11) is 0. The van der Waals surface area contributed by atoms with Gasteiger partial charge in [-0.1, -0.05) is 31.2 Å². The Balaban J connectivity index is 2.09. The average molecular weight is 322 g/mol. The van der Waals surface area contributed by atoms with E-state index in [0.29, 0.717) is 34.4 Å². The third-order valence-electron chi connectivity index (χ3n) is 3.74. The van der Waals surface area contributed by atoms with Crippen molar-refractivity contribution in [2.45, 2.75) is 19.8 Å². The number of carbonyl (C=O) groups excluding carboxylic acids is 1. The van der Waals surface area contributed by atoms with Crippen molar-refractivity contribution in [2.75, 3.05) is 11.2 Å². The maximum Gasteiger partial charge on any atom is 0.280 e. The molecule has 0 radical (unpaired) electrons. The maximum absolute atomic E-state index is 12.8. The van der Waals surface area contributed by atoms with Gasteiger partial charge in [-0.2, -0.15) is 0 Å². The van der Waals surface area contributed by atoms with Crippen LogP contribution in [0.3, 0.4) is 0 Å². The molecule has 24 heavy (non-hydrogen) atoms. The molecule has 6 heteroatoms. The maximum atomic E-state index is 12.8. The van der Waals surface area contributed by atoms with Crippen LogP contribution in [0.2, 0.25) is 0 Å². The van der Waals surface area contributed by atoms with Gasteiger partial charge in [0.25, 0.3) is 11.5 Å². The minimum absolute atomic E-state index is 0.299. The molecule has 0 spiro atoms. The monoisotopic (exact) mass is 322 g/mol. The lowest BCUT2D eigenvalue weighted by Gasteiger charge is -2.14. The number of amides is 1. The second-order valence-corrected chi connectivity index (χ2v) is 5.46. The van der Waals surface area contributed by atoms with Crippen molar-refractivity contribution in [3.05, 3.63) is 70.3 Å². The number of hydrogen-bond acceptors (Lipinski definition) is 4. The fourth-order valence-electron chi connectivity index (χ4n) is 2.55. The molecule has 1 heterocycles. The molecule has 0 aliphatic rings. The van der Waals surface area contributed by atoms with Crippen LogP contribution in [0.5, 0.6) is 0 Å². The number of fused-ring (bicyclic) bond motifs is 1. The van der Waals surface area contributed by atoms with E-state index in [-0.39, 0.29) is 5.56 Å². The number of anilines is 1. The van der Waals surface area contributed by atoms with Gasteiger partial charge in [-0.25, -0.2) is 9.66 Å². The van der Waals surface area contributed by atoms with Crippen LogP contribution in [-0.4, -0.2) is 15.6 Å². The number of para-hydroxylation sites is 2. The van der Waals surface area contributed by atoms with E-state index in [4.69, 9.17) is 5.73 Å². The standard InChI is InChI=1S/C18H18N4O2/c1-2-7-16-20-15-11-6-4-9-13(15)18(24)22(16)21-17(23)12-8-3-5-10-14(12)19/h3-6,8-11H,2,7,19H2,1H3,(H,21,23). The number of rotatable bonds is 4. The molecule has 0 aliphatic carbocycles. The van der Waals surface area contributed by atoms with Crippen LogP contribution in [0.1, 0.15) is 29.5 Å². The molecule has 0 bridgehead atoms. The Morgan fingerprint density at radius 3 is 2.62 bits per heavy atom. The zero-order chi connectivity index (χ0) is 17.1. The molecule has 0 saturated carbocycles. The van der Waals surface area contributed by atoms with Gasteiger partial charge in [-0.3, -0.25) is 15.0 Å². The van der Waals surface area contributed by atoms with Crippen LogP contribution >= 0.6 is 0 Å². The minimum Gasteiger partial charge on any atom is -0.398 e. The normalized spacial score (nSPS) is 10.7. The predicted molar refractivity (Wildman–Crippen MR) is 94.5 cm³/mol. The Morgan fingerprint density at radius 1 is 1.17 bits per heavy atom. The molecule has 3 aromatic rings. The second-order valence-electron chi connectivity index (χ2n) is 5.46. The number of aryl methyl sites for hydroxylation is 1. The number of carbonyl (C=O) groups is 1. The van der Waals surface area contributed by atoms with Crippen molar-refractivity contribution in [1.82, 2.24) is 9.66 Å². The highest BCUT2D eigenvalue weighted by Crippen LogP contribution is 2.12. The fraction of sp³-hybridized carbons (Fsp3) is 0.167. The van der Waals surface area contributed by atoms with Gasteiger partial charge in [0.1, 0.15) is 5.82 Å². The largest absolute Gasteiger partial charge is 0.398 e. The van der Waals surface area contributed by atoms with Crippen LogP contribution in [0, 0.1) is 0 Å². The van der Waals surface area contributed by atoms with E-state index >= 15 is 0 Å². The molecule has 122 valence electrons. The van der Waals surface area contributed by atoms with Crippen molar-refractivity contribution in [3.8, 4) is 0 Å². The van der Waals surface area contributed by atoms with E-state index in [0.717, 1.165) is 6.42 Å². The molecule has 0 fully saturated rings. The number of hydrogen-bond donors (Lipinski definition) is 2. The number of nitrogens with two attached hydrogens (primary N) is 1. The second kappa shape index (κ2) is 6.54. The lowest BCUT2D eigenvalue weighted by molar-refractivity contribution is 0.101. The summed E-state index contributed by atoms with van der Waals surface area (Å²) in [6, 6.07) is 13.8. The molecule has 0 atom stereocenters. The quantitative estimate of drug-likeness (QED) is 0.721. The van der Waals surface area contributed by atoms with Gasteiger partial charge in [0.05, 0.1) is 16.5 Å². The van der Waals surface area contributed by atoms with E-state index in [1.807, 2.05) is 13.0 Å². The lowest BCUT2D eigenvalue weighted by atomic mass is 10.2. The summed E-state index contributed by atoms with van der Waals surface area (Å²) in [6.45, 7) is 1.99. The Hall–Kier alpha value is -3.15. The van der Waals surface area contributed by atoms with Gasteiger partial charge < -0.3 is 5.73 Å². The Bertz CT molecular complexity index is 963. The summed E-state index contributed by atoms with van der Waals surface area (Å²) in [6.07, 6.45) is 1.37. The topological polar surface area (TPSA) is 90.0 Å². The van der Waals surface area contributed by atoms with Gasteiger partial charge >= 0.3 is 0 Å². The molecular weight excluding hydrogens is 304 g/mol. The van der Waals surface area contributed by atoms with Gasteiger partial charge in [-0.15, -0.1) is 0 Å². The van der Waals surface area contributed by atoms with E-state index in [1.165, 1.54) is 4.68 Å². The molecule has 6 nitrogen and oxygen atoms in total. The molecule has 1 aromatic heterocycles. The highest BCUT2D eigenvalue weighted by molar-refractivity contribution is 6.04. The van der Waals surface area contributed by atoms with E-state index < -0.39 is 5.91 Å². The first-order valence-corrected chi connectivity index (χ1v) is 7.78. The molecule has 0 unspecified atom stereocenters. The van der Waals surface area contributed by atoms with Crippen LogP contribution in [0.25, 0.3) is 10.9 Å².